The summed E-state index contributed by atoms with van der Waals surface area (Å²) >= 11 is 0. The van der Waals surface area contributed by atoms with Gasteiger partial charge in [-0.2, -0.15) is 0 Å². The maximum atomic E-state index is 11.4. The molecule has 0 heterocycles. The predicted molar refractivity (Wildman–Crippen MR) is 64.9 cm³/mol. The molecule has 1 rings (SSSR count). The van der Waals surface area contributed by atoms with Gasteiger partial charge in [0.05, 0.1) is 12.6 Å². The number of nitrogens with two attached hydrogens (primary N) is 1. The summed E-state index contributed by atoms with van der Waals surface area (Å²) in [6, 6.07) is 8.95. The minimum absolute atomic E-state index is 0.0484. The molecule has 0 aromatic heterocycles. The van der Waals surface area contributed by atoms with E-state index in [0.29, 0.717) is 6.54 Å². The van der Waals surface area contributed by atoms with Crippen molar-refractivity contribution in [3.05, 3.63) is 35.9 Å². The third-order valence-corrected chi connectivity index (χ3v) is 2.17. The number of nitrogens with one attached hydrogen (secondary N) is 2. The molecule has 17 heavy (non-hydrogen) atoms. The summed E-state index contributed by atoms with van der Waals surface area (Å²) in [5.74, 6) is -0.567. The van der Waals surface area contributed by atoms with Crippen molar-refractivity contribution in [1.82, 2.24) is 10.6 Å². The van der Waals surface area contributed by atoms with Gasteiger partial charge in [-0.05, 0) is 12.5 Å². The number of benzene rings is 1. The molecule has 5 heteroatoms. The van der Waals surface area contributed by atoms with Crippen LogP contribution in [0.1, 0.15) is 12.5 Å². The first-order valence-electron chi connectivity index (χ1n) is 5.43. The highest BCUT2D eigenvalue weighted by Crippen LogP contribution is 1.96. The molecule has 0 saturated carbocycles. The van der Waals surface area contributed by atoms with E-state index in [1.54, 1.807) is 6.92 Å². The van der Waals surface area contributed by atoms with Gasteiger partial charge < -0.3 is 16.4 Å². The summed E-state index contributed by atoms with van der Waals surface area (Å²) in [7, 11) is 0. The lowest BCUT2D eigenvalue weighted by atomic mass is 10.2. The van der Waals surface area contributed by atoms with E-state index in [4.69, 9.17) is 5.73 Å². The highest BCUT2D eigenvalue weighted by atomic mass is 16.2. The quantitative estimate of drug-likeness (QED) is 0.659. The van der Waals surface area contributed by atoms with Gasteiger partial charge in [0.15, 0.2) is 0 Å². The molecule has 2 amide bonds. The Kier molecular flexibility index (Phi) is 5.16. The summed E-state index contributed by atoms with van der Waals surface area (Å²) in [5, 5.41) is 5.14. The Balaban J connectivity index is 2.24. The molecule has 0 aliphatic rings. The number of carbonyl (C=O) groups is 2. The average Bonchev–Trinajstić information content (AvgIpc) is 2.34. The van der Waals surface area contributed by atoms with Crippen LogP contribution in [-0.4, -0.2) is 24.4 Å². The van der Waals surface area contributed by atoms with Crippen molar-refractivity contribution in [2.75, 3.05) is 6.54 Å². The van der Waals surface area contributed by atoms with E-state index in [-0.39, 0.29) is 18.4 Å². The highest BCUT2D eigenvalue weighted by Gasteiger charge is 2.08. The molecule has 1 unspecified atom stereocenters. The van der Waals surface area contributed by atoms with Crippen molar-refractivity contribution in [3.8, 4) is 0 Å². The zero-order valence-electron chi connectivity index (χ0n) is 9.77. The highest BCUT2D eigenvalue weighted by molar-refractivity contribution is 5.86. The number of hydrogen-bond acceptors (Lipinski definition) is 3. The number of amides is 2. The second-order valence-corrected chi connectivity index (χ2v) is 3.77. The van der Waals surface area contributed by atoms with Crippen LogP contribution in [0.15, 0.2) is 30.3 Å². The Morgan fingerprint density at radius 3 is 2.47 bits per heavy atom. The third kappa shape index (κ3) is 5.12. The van der Waals surface area contributed by atoms with Gasteiger partial charge in [0.1, 0.15) is 0 Å². The van der Waals surface area contributed by atoms with Gasteiger partial charge in [-0.15, -0.1) is 0 Å². The predicted octanol–water partition coefficient (Wildman–Crippen LogP) is -0.234. The molecular weight excluding hydrogens is 218 g/mol. The minimum atomic E-state index is -0.600. The fourth-order valence-electron chi connectivity index (χ4n) is 1.19. The standard InChI is InChI=1S/C12H17N3O2/c1-9(13)12(17)15-8-11(16)14-7-10-5-3-2-4-6-10/h2-6,9H,7-8,13H2,1H3,(H,14,16)(H,15,17). The van der Waals surface area contributed by atoms with Gasteiger partial charge in [-0.1, -0.05) is 30.3 Å². The zero-order chi connectivity index (χ0) is 12.7. The summed E-state index contributed by atoms with van der Waals surface area (Å²) < 4.78 is 0. The molecule has 92 valence electrons. The van der Waals surface area contributed by atoms with Crippen LogP contribution in [-0.2, 0) is 16.1 Å². The topological polar surface area (TPSA) is 84.2 Å². The van der Waals surface area contributed by atoms with Crippen LogP contribution in [0.2, 0.25) is 0 Å². The maximum absolute atomic E-state index is 11.4. The smallest absolute Gasteiger partial charge is 0.239 e. The third-order valence-electron chi connectivity index (χ3n) is 2.17. The second-order valence-electron chi connectivity index (χ2n) is 3.77. The van der Waals surface area contributed by atoms with Crippen LogP contribution < -0.4 is 16.4 Å². The second kappa shape index (κ2) is 6.65. The first-order chi connectivity index (χ1) is 8.09. The van der Waals surface area contributed by atoms with E-state index in [9.17, 15) is 9.59 Å². The molecule has 0 fully saturated rings. The summed E-state index contributed by atoms with van der Waals surface area (Å²) in [4.78, 5) is 22.5. The van der Waals surface area contributed by atoms with E-state index in [1.807, 2.05) is 30.3 Å². The van der Waals surface area contributed by atoms with E-state index in [1.165, 1.54) is 0 Å². The fourth-order valence-corrected chi connectivity index (χ4v) is 1.19. The van der Waals surface area contributed by atoms with Gasteiger partial charge in [-0.3, -0.25) is 9.59 Å². The van der Waals surface area contributed by atoms with Crippen molar-refractivity contribution in [2.45, 2.75) is 19.5 Å². The zero-order valence-corrected chi connectivity index (χ0v) is 9.77. The van der Waals surface area contributed by atoms with Crippen molar-refractivity contribution in [3.63, 3.8) is 0 Å². The van der Waals surface area contributed by atoms with Crippen molar-refractivity contribution in [2.24, 2.45) is 5.73 Å². The molecule has 1 aromatic carbocycles. The normalized spacial score (nSPS) is 11.6. The minimum Gasteiger partial charge on any atom is -0.350 e. The van der Waals surface area contributed by atoms with Crippen molar-refractivity contribution >= 4 is 11.8 Å². The SMILES string of the molecule is CC(N)C(=O)NCC(=O)NCc1ccccc1. The first-order valence-corrected chi connectivity index (χ1v) is 5.43. The van der Waals surface area contributed by atoms with Crippen LogP contribution in [0.3, 0.4) is 0 Å². The number of hydrogen-bond donors (Lipinski definition) is 3. The Hall–Kier alpha value is -1.88. The Bertz CT molecular complexity index is 377. The van der Waals surface area contributed by atoms with Crippen LogP contribution in [0, 0.1) is 0 Å². The van der Waals surface area contributed by atoms with Crippen LogP contribution >= 0.6 is 0 Å². The van der Waals surface area contributed by atoms with E-state index in [2.05, 4.69) is 10.6 Å². The van der Waals surface area contributed by atoms with E-state index >= 15 is 0 Å². The average molecular weight is 235 g/mol. The largest absolute Gasteiger partial charge is 0.350 e. The number of carbonyl (C=O) groups excluding carboxylic acids is 2. The molecule has 0 radical (unpaired) electrons. The molecule has 0 aliphatic carbocycles. The summed E-state index contributed by atoms with van der Waals surface area (Å²) in [6.45, 7) is 1.97. The van der Waals surface area contributed by atoms with Gasteiger partial charge in [0, 0.05) is 6.54 Å². The van der Waals surface area contributed by atoms with Gasteiger partial charge in [0.25, 0.3) is 0 Å². The first kappa shape index (κ1) is 13.2. The molecule has 5 nitrogen and oxygen atoms in total. The lowest BCUT2D eigenvalue weighted by Crippen LogP contribution is -2.43. The van der Waals surface area contributed by atoms with Gasteiger partial charge in [-0.25, -0.2) is 0 Å². The fraction of sp³-hybridized carbons (Fsp3) is 0.333. The molecule has 0 bridgehead atoms. The summed E-state index contributed by atoms with van der Waals surface area (Å²) in [6.07, 6.45) is 0. The Labute approximate surface area is 100 Å². The Morgan fingerprint density at radius 2 is 1.88 bits per heavy atom. The van der Waals surface area contributed by atoms with Crippen LogP contribution in [0.4, 0.5) is 0 Å². The van der Waals surface area contributed by atoms with Gasteiger partial charge >= 0.3 is 0 Å². The monoisotopic (exact) mass is 235 g/mol. The van der Waals surface area contributed by atoms with E-state index < -0.39 is 6.04 Å². The molecule has 1 atom stereocenters. The molecule has 1 aromatic rings. The van der Waals surface area contributed by atoms with Crippen molar-refractivity contribution < 1.29 is 9.59 Å². The Morgan fingerprint density at radius 1 is 1.24 bits per heavy atom. The summed E-state index contributed by atoms with van der Waals surface area (Å²) in [5.41, 5.74) is 6.36. The molecule has 0 aliphatic heterocycles. The molecular formula is C12H17N3O2. The lowest BCUT2D eigenvalue weighted by Gasteiger charge is -2.08. The molecule has 4 N–H and O–H groups in total. The molecule has 0 saturated heterocycles. The van der Waals surface area contributed by atoms with Crippen LogP contribution in [0.25, 0.3) is 0 Å². The van der Waals surface area contributed by atoms with Gasteiger partial charge in [0.2, 0.25) is 11.8 Å². The van der Waals surface area contributed by atoms with E-state index in [0.717, 1.165) is 5.56 Å². The maximum Gasteiger partial charge on any atom is 0.239 e. The van der Waals surface area contributed by atoms with Crippen molar-refractivity contribution in [1.29, 1.82) is 0 Å². The van der Waals surface area contributed by atoms with Crippen LogP contribution in [0.5, 0.6) is 0 Å². The number of rotatable bonds is 5. The molecule has 0 spiro atoms. The lowest BCUT2D eigenvalue weighted by molar-refractivity contribution is -0.126.